The van der Waals surface area contributed by atoms with Crippen molar-refractivity contribution in [2.45, 2.75) is 58.0 Å². The van der Waals surface area contributed by atoms with Gasteiger partial charge in [0, 0.05) is 24.4 Å². The van der Waals surface area contributed by atoms with E-state index >= 15 is 0 Å². The van der Waals surface area contributed by atoms with Crippen molar-refractivity contribution in [1.82, 2.24) is 14.9 Å². The van der Waals surface area contributed by atoms with Gasteiger partial charge in [-0.2, -0.15) is 0 Å². The second kappa shape index (κ2) is 7.05. The molecule has 132 valence electrons. The second-order valence-corrected chi connectivity index (χ2v) is 7.35. The Balaban J connectivity index is 1.48. The van der Waals surface area contributed by atoms with Crippen molar-refractivity contribution >= 4 is 5.91 Å². The van der Waals surface area contributed by atoms with Gasteiger partial charge in [-0.15, -0.1) is 0 Å². The Labute approximate surface area is 143 Å². The summed E-state index contributed by atoms with van der Waals surface area (Å²) < 4.78 is 5.60. The quantitative estimate of drug-likeness (QED) is 0.862. The molecule has 1 aromatic rings. The zero-order valence-electron chi connectivity index (χ0n) is 14.6. The molecule has 1 aliphatic carbocycles. The Morgan fingerprint density at radius 2 is 2.08 bits per heavy atom. The summed E-state index contributed by atoms with van der Waals surface area (Å²) >= 11 is 0. The number of carbonyl (C=O) groups excluding carboxylic acids is 1. The first kappa shape index (κ1) is 17.1. The van der Waals surface area contributed by atoms with Crippen LogP contribution in [0.15, 0.2) is 6.07 Å². The summed E-state index contributed by atoms with van der Waals surface area (Å²) in [5, 5.41) is 10.7. The number of aliphatic hydroxyl groups is 1. The lowest BCUT2D eigenvalue weighted by molar-refractivity contribution is -0.131. The Morgan fingerprint density at radius 3 is 2.71 bits per heavy atom. The summed E-state index contributed by atoms with van der Waals surface area (Å²) in [5.74, 6) is 0.890. The molecule has 0 bridgehead atoms. The average molecular weight is 333 g/mol. The fourth-order valence-electron chi connectivity index (χ4n) is 3.41. The van der Waals surface area contributed by atoms with Crippen LogP contribution >= 0.6 is 0 Å². The van der Waals surface area contributed by atoms with Crippen LogP contribution < -0.4 is 4.74 Å². The third-order valence-corrected chi connectivity index (χ3v) is 5.11. The Hall–Kier alpha value is -1.69. The highest BCUT2D eigenvalue weighted by Gasteiger charge is 2.39. The normalized spacial score (nSPS) is 24.0. The van der Waals surface area contributed by atoms with Gasteiger partial charge in [-0.3, -0.25) is 4.79 Å². The topological polar surface area (TPSA) is 75.6 Å². The smallest absolute Gasteiger partial charge is 0.316 e. The number of hydrogen-bond acceptors (Lipinski definition) is 5. The predicted molar refractivity (Wildman–Crippen MR) is 89.7 cm³/mol. The van der Waals surface area contributed by atoms with Gasteiger partial charge in [0.1, 0.15) is 12.2 Å². The molecule has 1 aliphatic heterocycles. The van der Waals surface area contributed by atoms with Crippen molar-refractivity contribution in [2.75, 3.05) is 19.7 Å². The summed E-state index contributed by atoms with van der Waals surface area (Å²) in [6.45, 7) is 4.81. The number of ether oxygens (including phenoxy) is 1. The molecule has 1 N–H and O–H groups in total. The minimum absolute atomic E-state index is 0.113. The first-order valence-electron chi connectivity index (χ1n) is 8.89. The lowest BCUT2D eigenvalue weighted by Gasteiger charge is -2.26. The third kappa shape index (κ3) is 4.23. The molecule has 0 radical (unpaired) electrons. The number of aryl methyl sites for hydroxylation is 2. The SMILES string of the molecule is Cc1cc(C)nc(OC[C@]2(O)CCN(C(=O)CCC3CCC3)C2)n1. The lowest BCUT2D eigenvalue weighted by atomic mass is 9.82. The molecule has 0 spiro atoms. The van der Waals surface area contributed by atoms with Crippen molar-refractivity contribution < 1.29 is 14.6 Å². The zero-order chi connectivity index (χ0) is 17.2. The molecule has 1 aromatic heterocycles. The van der Waals surface area contributed by atoms with E-state index in [1.807, 2.05) is 19.9 Å². The van der Waals surface area contributed by atoms with Crippen LogP contribution in [0.4, 0.5) is 0 Å². The van der Waals surface area contributed by atoms with Crippen molar-refractivity contribution in [3.05, 3.63) is 17.5 Å². The van der Waals surface area contributed by atoms with Gasteiger partial charge in [-0.05, 0) is 38.7 Å². The summed E-state index contributed by atoms with van der Waals surface area (Å²) in [6, 6.07) is 2.16. The van der Waals surface area contributed by atoms with Gasteiger partial charge in [0.05, 0.1) is 6.54 Å². The zero-order valence-corrected chi connectivity index (χ0v) is 14.6. The van der Waals surface area contributed by atoms with Gasteiger partial charge in [-0.1, -0.05) is 19.3 Å². The molecular weight excluding hydrogens is 306 g/mol. The molecule has 2 heterocycles. The first-order chi connectivity index (χ1) is 11.4. The number of nitrogens with zero attached hydrogens (tertiary/aromatic N) is 3. The fraction of sp³-hybridized carbons (Fsp3) is 0.722. The lowest BCUT2D eigenvalue weighted by Crippen LogP contribution is -2.41. The second-order valence-electron chi connectivity index (χ2n) is 7.35. The van der Waals surface area contributed by atoms with E-state index in [-0.39, 0.29) is 18.5 Å². The van der Waals surface area contributed by atoms with E-state index < -0.39 is 5.60 Å². The molecule has 2 aliphatic rings. The van der Waals surface area contributed by atoms with Crippen molar-refractivity contribution in [3.63, 3.8) is 0 Å². The number of likely N-dealkylation sites (tertiary alicyclic amines) is 1. The molecule has 0 unspecified atom stereocenters. The number of rotatable bonds is 6. The Kier molecular flexibility index (Phi) is 5.04. The molecule has 1 saturated carbocycles. The van der Waals surface area contributed by atoms with Crippen LogP contribution in [0.25, 0.3) is 0 Å². The van der Waals surface area contributed by atoms with Crippen LogP contribution in [-0.4, -0.2) is 51.2 Å². The first-order valence-corrected chi connectivity index (χ1v) is 8.89. The molecular formula is C18H27N3O3. The molecule has 2 fully saturated rings. The van der Waals surface area contributed by atoms with Crippen molar-refractivity contribution in [2.24, 2.45) is 5.92 Å². The molecule has 24 heavy (non-hydrogen) atoms. The number of amides is 1. The highest BCUT2D eigenvalue weighted by molar-refractivity contribution is 5.76. The van der Waals surface area contributed by atoms with Crippen LogP contribution in [0.3, 0.4) is 0 Å². The number of β-amino-alcohol motifs (C(OH)–C–C–N with tert-alkyl or cyclic N) is 1. The minimum Gasteiger partial charge on any atom is -0.460 e. The summed E-state index contributed by atoms with van der Waals surface area (Å²) in [5.41, 5.74) is 0.667. The molecule has 3 rings (SSSR count). The van der Waals surface area contributed by atoms with Gasteiger partial charge in [0.2, 0.25) is 5.91 Å². The van der Waals surface area contributed by atoms with Gasteiger partial charge < -0.3 is 14.7 Å². The standard InChI is InChI=1S/C18H27N3O3/c1-13-10-14(2)20-17(19-13)24-12-18(23)8-9-21(11-18)16(22)7-6-15-4-3-5-15/h10,15,23H,3-9,11-12H2,1-2H3/t18-/m0/s1. The molecule has 1 saturated heterocycles. The summed E-state index contributed by atoms with van der Waals surface area (Å²) in [6.07, 6.45) is 5.96. The summed E-state index contributed by atoms with van der Waals surface area (Å²) in [4.78, 5) is 22.5. The highest BCUT2D eigenvalue weighted by atomic mass is 16.5. The average Bonchev–Trinajstić information content (AvgIpc) is 2.86. The molecule has 0 aromatic carbocycles. The third-order valence-electron chi connectivity index (χ3n) is 5.11. The van der Waals surface area contributed by atoms with E-state index in [1.54, 1.807) is 4.90 Å². The Bertz CT molecular complexity index is 583. The Morgan fingerprint density at radius 1 is 1.38 bits per heavy atom. The van der Waals surface area contributed by atoms with E-state index in [9.17, 15) is 9.90 Å². The van der Waals surface area contributed by atoms with E-state index in [2.05, 4.69) is 9.97 Å². The van der Waals surface area contributed by atoms with E-state index in [0.717, 1.165) is 23.7 Å². The van der Waals surface area contributed by atoms with Crippen molar-refractivity contribution in [1.29, 1.82) is 0 Å². The maximum absolute atomic E-state index is 12.3. The maximum Gasteiger partial charge on any atom is 0.316 e. The molecule has 1 atom stereocenters. The molecule has 1 amide bonds. The van der Waals surface area contributed by atoms with Gasteiger partial charge in [0.25, 0.3) is 0 Å². The van der Waals surface area contributed by atoms with Crippen LogP contribution in [0.1, 0.15) is 49.9 Å². The maximum atomic E-state index is 12.3. The van der Waals surface area contributed by atoms with Crippen LogP contribution in [-0.2, 0) is 4.79 Å². The molecule has 6 heteroatoms. The molecule has 6 nitrogen and oxygen atoms in total. The number of carbonyl (C=O) groups is 1. The van der Waals surface area contributed by atoms with Crippen LogP contribution in [0, 0.1) is 19.8 Å². The van der Waals surface area contributed by atoms with E-state index in [1.165, 1.54) is 19.3 Å². The van der Waals surface area contributed by atoms with Gasteiger partial charge >= 0.3 is 6.01 Å². The van der Waals surface area contributed by atoms with E-state index in [4.69, 9.17) is 4.74 Å². The number of hydrogen-bond donors (Lipinski definition) is 1. The van der Waals surface area contributed by atoms with Gasteiger partial charge in [-0.25, -0.2) is 9.97 Å². The fourth-order valence-corrected chi connectivity index (χ4v) is 3.41. The monoisotopic (exact) mass is 333 g/mol. The largest absolute Gasteiger partial charge is 0.460 e. The van der Waals surface area contributed by atoms with Gasteiger partial charge in [0.15, 0.2) is 0 Å². The van der Waals surface area contributed by atoms with E-state index in [0.29, 0.717) is 25.9 Å². The van der Waals surface area contributed by atoms with Crippen LogP contribution in [0.5, 0.6) is 6.01 Å². The minimum atomic E-state index is -1.01. The number of aromatic nitrogens is 2. The van der Waals surface area contributed by atoms with Crippen molar-refractivity contribution in [3.8, 4) is 6.01 Å². The summed E-state index contributed by atoms with van der Waals surface area (Å²) in [7, 11) is 0. The highest BCUT2D eigenvalue weighted by Crippen LogP contribution is 2.31. The predicted octanol–water partition coefficient (Wildman–Crippen LogP) is 2.02. The van der Waals surface area contributed by atoms with Crippen LogP contribution in [0.2, 0.25) is 0 Å².